The maximum atomic E-state index is 2.42. The molecule has 5 radical (unpaired) electrons. The average Bonchev–Trinajstić information content (AvgIpc) is 3.23. The monoisotopic (exact) mass is 868 g/mol. The van der Waals surface area contributed by atoms with Gasteiger partial charge in [0.15, 0.2) is 0 Å². The fraction of sp³-hybridized carbons (Fsp3) is 0.0769. The molecule has 0 spiro atoms. The summed E-state index contributed by atoms with van der Waals surface area (Å²) in [5.74, 6) is 0. The number of halogens is 1. The number of benzene rings is 8. The molecule has 0 atom stereocenters. The smallest absolute Gasteiger partial charge is 1.00 e. The molecule has 0 saturated heterocycles. The van der Waals surface area contributed by atoms with Crippen LogP contribution >= 0.6 is 15.8 Å². The van der Waals surface area contributed by atoms with Gasteiger partial charge in [-0.1, -0.05) is 194 Å². The first-order chi connectivity index (χ1) is 26.9. The summed E-state index contributed by atoms with van der Waals surface area (Å²) in [5, 5.41) is 13.3. The molecule has 1 saturated carbocycles. The van der Waals surface area contributed by atoms with E-state index < -0.39 is 15.8 Å². The zero-order valence-electron chi connectivity index (χ0n) is 31.2. The predicted octanol–water partition coefficient (Wildman–Crippen LogP) is 8.56. The first kappa shape index (κ1) is 41.7. The quantitative estimate of drug-likeness (QED) is 0.111. The predicted molar refractivity (Wildman–Crippen MR) is 240 cm³/mol. The molecular formula is C52H44ClP2Rh+. The number of fused-ring (bicyclic) bond motifs is 2. The topological polar surface area (TPSA) is 0 Å². The minimum Gasteiger partial charge on any atom is -1.00 e. The molecule has 4 heteroatoms. The van der Waals surface area contributed by atoms with Crippen molar-refractivity contribution in [3.8, 4) is 11.1 Å². The molecular weight excluding hydrogens is 825 g/mol. The van der Waals surface area contributed by atoms with Gasteiger partial charge in [0.1, 0.15) is 0 Å². The molecule has 0 heterocycles. The molecule has 0 unspecified atom stereocenters. The van der Waals surface area contributed by atoms with Crippen molar-refractivity contribution in [2.75, 3.05) is 0 Å². The normalized spacial score (nSPS) is 12.8. The number of hydrogen-bond donors (Lipinski definition) is 0. The third-order valence-electron chi connectivity index (χ3n) is 9.94. The van der Waals surface area contributed by atoms with Gasteiger partial charge in [0.25, 0.3) is 0 Å². The van der Waals surface area contributed by atoms with Gasteiger partial charge in [0.2, 0.25) is 0 Å². The molecule has 0 nitrogen and oxygen atoms in total. The summed E-state index contributed by atoms with van der Waals surface area (Å²) in [6.45, 7) is 0. The van der Waals surface area contributed by atoms with Gasteiger partial charge in [-0.25, -0.2) is 0 Å². The van der Waals surface area contributed by atoms with Crippen LogP contribution in [-0.2, 0) is 19.5 Å². The Labute approximate surface area is 355 Å². The van der Waals surface area contributed by atoms with E-state index in [4.69, 9.17) is 0 Å². The van der Waals surface area contributed by atoms with Gasteiger partial charge in [0.05, 0.1) is 0 Å². The van der Waals surface area contributed by atoms with E-state index in [9.17, 15) is 0 Å². The Balaban J connectivity index is 0.000000476. The molecule has 0 N–H and O–H groups in total. The molecule has 8 aromatic carbocycles. The van der Waals surface area contributed by atoms with Crippen molar-refractivity contribution in [3.05, 3.63) is 220 Å². The summed E-state index contributed by atoms with van der Waals surface area (Å²) in [6.07, 6.45) is 14.0. The van der Waals surface area contributed by atoms with Crippen LogP contribution in [0.25, 0.3) is 32.7 Å². The second-order valence-corrected chi connectivity index (χ2v) is 17.8. The molecule has 9 rings (SSSR count). The Morgan fingerprint density at radius 3 is 0.857 bits per heavy atom. The Bertz CT molecular complexity index is 2140. The van der Waals surface area contributed by atoms with Crippen molar-refractivity contribution < 1.29 is 31.9 Å². The minimum absolute atomic E-state index is 0. The van der Waals surface area contributed by atoms with Gasteiger partial charge in [0, 0.05) is 0 Å². The van der Waals surface area contributed by atoms with Crippen LogP contribution in [0.4, 0.5) is 0 Å². The van der Waals surface area contributed by atoms with Gasteiger partial charge < -0.3 is 12.4 Å². The van der Waals surface area contributed by atoms with Crippen LogP contribution in [-0.4, -0.2) is 0 Å². The average molecular weight is 869 g/mol. The Hall–Kier alpha value is -3.95. The molecule has 56 heavy (non-hydrogen) atoms. The first-order valence-electron chi connectivity index (χ1n) is 19.0. The zero-order chi connectivity index (χ0) is 36.4. The van der Waals surface area contributed by atoms with Crippen LogP contribution in [0.1, 0.15) is 25.7 Å². The fourth-order valence-corrected chi connectivity index (χ4v) is 12.4. The molecule has 0 aromatic heterocycles. The maximum Gasteiger partial charge on any atom is 2.00 e. The zero-order valence-corrected chi connectivity index (χ0v) is 35.4. The van der Waals surface area contributed by atoms with E-state index >= 15 is 0 Å². The molecule has 1 fully saturated rings. The second kappa shape index (κ2) is 21.0. The van der Waals surface area contributed by atoms with E-state index in [1.54, 1.807) is 0 Å². The van der Waals surface area contributed by atoms with Crippen molar-refractivity contribution in [3.63, 3.8) is 0 Å². The second-order valence-electron chi connectivity index (χ2n) is 13.5. The summed E-state index contributed by atoms with van der Waals surface area (Å²) >= 11 is 0. The third kappa shape index (κ3) is 9.59. The van der Waals surface area contributed by atoms with Crippen molar-refractivity contribution >= 4 is 69.2 Å². The molecule has 0 amide bonds. The van der Waals surface area contributed by atoms with Crippen molar-refractivity contribution in [1.29, 1.82) is 0 Å². The van der Waals surface area contributed by atoms with E-state index in [0.717, 1.165) is 0 Å². The maximum absolute atomic E-state index is 2.42. The summed E-state index contributed by atoms with van der Waals surface area (Å²) < 4.78 is 0. The van der Waals surface area contributed by atoms with E-state index in [0.29, 0.717) is 0 Å². The van der Waals surface area contributed by atoms with Gasteiger partial charge in [-0.05, 0) is 132 Å². The van der Waals surface area contributed by atoms with E-state index in [1.165, 1.54) is 90.2 Å². The van der Waals surface area contributed by atoms with Crippen LogP contribution in [0.3, 0.4) is 0 Å². The Morgan fingerprint density at radius 2 is 0.554 bits per heavy atom. The third-order valence-corrected chi connectivity index (χ3v) is 14.9. The van der Waals surface area contributed by atoms with Crippen LogP contribution in [0.5, 0.6) is 0 Å². The molecule has 1 aliphatic carbocycles. The summed E-state index contributed by atoms with van der Waals surface area (Å²) in [5.41, 5.74) is 2.70. The van der Waals surface area contributed by atoms with Crippen molar-refractivity contribution in [2.24, 2.45) is 0 Å². The Kier molecular flexibility index (Phi) is 15.6. The fourth-order valence-electron chi connectivity index (χ4n) is 7.44. The van der Waals surface area contributed by atoms with E-state index in [2.05, 4.69) is 220 Å². The van der Waals surface area contributed by atoms with Crippen LogP contribution in [0, 0.1) is 25.7 Å². The summed E-state index contributed by atoms with van der Waals surface area (Å²) in [6, 6.07) is 71.8. The van der Waals surface area contributed by atoms with Gasteiger partial charge in [-0.2, -0.15) is 0 Å². The molecule has 0 bridgehead atoms. The van der Waals surface area contributed by atoms with Crippen molar-refractivity contribution in [1.82, 2.24) is 0 Å². The number of hydrogen-bond acceptors (Lipinski definition) is 0. The summed E-state index contributed by atoms with van der Waals surface area (Å²) in [4.78, 5) is 0. The largest absolute Gasteiger partial charge is 2.00 e. The van der Waals surface area contributed by atoms with Gasteiger partial charge in [-0.3, -0.25) is 0 Å². The van der Waals surface area contributed by atoms with Gasteiger partial charge >= 0.3 is 19.5 Å². The molecule has 0 aliphatic heterocycles. The van der Waals surface area contributed by atoms with E-state index in [-0.39, 0.29) is 31.9 Å². The van der Waals surface area contributed by atoms with Crippen LogP contribution < -0.4 is 44.2 Å². The molecule has 8 aromatic rings. The van der Waals surface area contributed by atoms with Crippen molar-refractivity contribution in [2.45, 2.75) is 25.7 Å². The minimum atomic E-state index is -0.852. The molecule has 277 valence electrons. The van der Waals surface area contributed by atoms with E-state index in [1.807, 2.05) is 0 Å². The first-order valence-corrected chi connectivity index (χ1v) is 21.7. The van der Waals surface area contributed by atoms with Crippen LogP contribution in [0.15, 0.2) is 194 Å². The Morgan fingerprint density at radius 1 is 0.286 bits per heavy atom. The molecule has 1 aliphatic rings. The standard InChI is InChI=1S/C44H32P2.C8H12.ClH.Rh/c1-5-19-35(20-6-1)45(36-21-7-2-8-22-36)41-31-29-33-17-13-15-27-39(33)43(41)44-40-28-16-14-18-34(40)30-32-42(44)46(37-23-9-3-10-24-37)38-25-11-4-12-26-38;1-2-4-6-8-7-5-3-1;;/h1-32H;1-2,7-8H,3-6H2;1H;/q;;;+2/p-1. The summed E-state index contributed by atoms with van der Waals surface area (Å²) in [7, 11) is -1.70. The SMILES string of the molecule is [CH]1[CH]CC[CH][CH]CC1.[Cl-].[Rh+2].c1ccc(P(c2ccccc2)c2ccc3ccccc3c2-c2c(P(c3ccccc3)c3ccccc3)ccc3ccccc23)cc1. The van der Waals surface area contributed by atoms with Crippen LogP contribution in [0.2, 0.25) is 0 Å². The number of rotatable bonds is 7. The van der Waals surface area contributed by atoms with Gasteiger partial charge in [-0.15, -0.1) is 0 Å².